The number of fused-ring (bicyclic) bond motifs is 6. The Bertz CT molecular complexity index is 1550. The van der Waals surface area contributed by atoms with Gasteiger partial charge in [0.15, 0.2) is 0 Å². The number of nitrogens with zero attached hydrogens (tertiary/aromatic N) is 5. The zero-order valence-electron chi connectivity index (χ0n) is 21.2. The number of nitrogens with one attached hydrogen (secondary N) is 1. The number of aryl methyl sites for hydroxylation is 1. The smallest absolute Gasteiger partial charge is 0.254 e. The summed E-state index contributed by atoms with van der Waals surface area (Å²) >= 11 is 0. The molecule has 0 bridgehead atoms. The van der Waals surface area contributed by atoms with Crippen molar-refractivity contribution in [2.24, 2.45) is 30.7 Å². The highest BCUT2D eigenvalue weighted by molar-refractivity contribution is 6.00. The average Bonchev–Trinajstić information content (AvgIpc) is 3.65. The van der Waals surface area contributed by atoms with E-state index in [1.165, 1.54) is 0 Å². The summed E-state index contributed by atoms with van der Waals surface area (Å²) in [5.41, 5.74) is 3.79. The van der Waals surface area contributed by atoms with E-state index in [2.05, 4.69) is 15.4 Å². The van der Waals surface area contributed by atoms with Crippen LogP contribution in [0.1, 0.15) is 37.4 Å². The van der Waals surface area contributed by atoms with E-state index in [1.54, 1.807) is 0 Å². The minimum absolute atomic E-state index is 0. The number of carbonyl (C=O) groups excluding carboxylic acids is 2. The number of hydrogen-bond acceptors (Lipinski definition) is 5. The van der Waals surface area contributed by atoms with Crippen LogP contribution in [0.2, 0.25) is 0 Å². The van der Waals surface area contributed by atoms with Crippen molar-refractivity contribution in [1.29, 1.82) is 0 Å². The quantitative estimate of drug-likeness (QED) is 0.458. The summed E-state index contributed by atoms with van der Waals surface area (Å²) in [6, 6.07) is 11.4. The lowest BCUT2D eigenvalue weighted by molar-refractivity contribution is 0.0629. The molecule has 0 radical (unpaired) electrons. The Balaban J connectivity index is 0.00000154. The van der Waals surface area contributed by atoms with Crippen LogP contribution in [-0.4, -0.2) is 73.9 Å². The number of carbonyl (C=O) groups is 2. The highest BCUT2D eigenvalue weighted by Gasteiger charge is 2.59. The maximum Gasteiger partial charge on any atom is 0.254 e. The van der Waals surface area contributed by atoms with Gasteiger partial charge in [-0.05, 0) is 73.9 Å². The molecule has 194 valence electrons. The summed E-state index contributed by atoms with van der Waals surface area (Å²) in [5, 5.41) is 11.8. The van der Waals surface area contributed by atoms with Gasteiger partial charge in [0.2, 0.25) is 0 Å². The van der Waals surface area contributed by atoms with E-state index in [0.717, 1.165) is 48.3 Å². The fourth-order valence-corrected chi connectivity index (χ4v) is 6.86. The zero-order chi connectivity index (χ0) is 25.4. The van der Waals surface area contributed by atoms with Crippen LogP contribution in [0.4, 0.5) is 0 Å². The fraction of sp³-hybridized carbons (Fsp3) is 0.429. The fourth-order valence-electron chi connectivity index (χ4n) is 6.86. The molecule has 2 unspecified atom stereocenters. The first-order valence-corrected chi connectivity index (χ1v) is 13.0. The Morgan fingerprint density at radius 2 is 1.51 bits per heavy atom. The number of rotatable bonds is 4. The number of ether oxygens (including phenoxy) is 1. The molecule has 37 heavy (non-hydrogen) atoms. The van der Waals surface area contributed by atoms with Crippen molar-refractivity contribution in [2.45, 2.75) is 20.0 Å². The molecule has 2 aromatic carbocycles. The van der Waals surface area contributed by atoms with Crippen LogP contribution >= 0.6 is 0 Å². The molecule has 4 aromatic rings. The van der Waals surface area contributed by atoms with Crippen LogP contribution in [0.5, 0.6) is 5.75 Å². The monoisotopic (exact) mass is 502 g/mol. The van der Waals surface area contributed by atoms with Gasteiger partial charge in [0.05, 0.1) is 11.6 Å². The van der Waals surface area contributed by atoms with Crippen LogP contribution in [0.15, 0.2) is 42.6 Å². The van der Waals surface area contributed by atoms with Gasteiger partial charge in [-0.1, -0.05) is 0 Å². The maximum absolute atomic E-state index is 13.6. The molecule has 7 rings (SSSR count). The van der Waals surface area contributed by atoms with Crippen molar-refractivity contribution < 1.29 is 17.2 Å². The Morgan fingerprint density at radius 3 is 2.16 bits per heavy atom. The second kappa shape index (κ2) is 8.06. The Labute approximate surface area is 217 Å². The van der Waals surface area contributed by atoms with Gasteiger partial charge < -0.3 is 19.1 Å². The lowest BCUT2D eigenvalue weighted by atomic mass is 9.60. The number of likely N-dealkylation sites (tertiary alicyclic amines) is 2. The maximum atomic E-state index is 13.6. The second-order valence-corrected chi connectivity index (χ2v) is 11.1. The summed E-state index contributed by atoms with van der Waals surface area (Å²) in [4.78, 5) is 30.8. The third-order valence-electron chi connectivity index (χ3n) is 8.64. The summed E-state index contributed by atoms with van der Waals surface area (Å²) in [6.45, 7) is 7.02. The molecule has 2 aromatic heterocycles. The number of amides is 2. The Morgan fingerprint density at radius 1 is 0.892 bits per heavy atom. The molecule has 4 heterocycles. The SMILES string of the molecule is CC(C)Oc1cc(C(=O)N2CC3C(C2)[C@@H]2CN(C(=O)c4ccc5n[nH]nc5c4)C[C@H]32)cc2c1ccn2C.[HH].[HH]. The number of aromatic amines is 1. The van der Waals surface area contributed by atoms with Crippen molar-refractivity contribution >= 4 is 33.8 Å². The van der Waals surface area contributed by atoms with Crippen molar-refractivity contribution in [1.82, 2.24) is 29.8 Å². The number of hydrogen-bond donors (Lipinski definition) is 1. The summed E-state index contributed by atoms with van der Waals surface area (Å²) in [7, 11) is 1.99. The summed E-state index contributed by atoms with van der Waals surface area (Å²) in [6.07, 6.45) is 2.03. The predicted molar refractivity (Wildman–Crippen MR) is 143 cm³/mol. The molecule has 9 nitrogen and oxygen atoms in total. The van der Waals surface area contributed by atoms with Crippen LogP contribution in [-0.2, 0) is 7.05 Å². The third kappa shape index (κ3) is 3.43. The minimum atomic E-state index is 0. The van der Waals surface area contributed by atoms with Gasteiger partial charge in [-0.3, -0.25) is 9.59 Å². The Hall–Kier alpha value is -3.88. The van der Waals surface area contributed by atoms with Gasteiger partial charge in [-0.2, -0.15) is 15.4 Å². The van der Waals surface area contributed by atoms with Crippen LogP contribution < -0.4 is 4.74 Å². The number of H-pyrrole nitrogens is 1. The van der Waals surface area contributed by atoms with E-state index < -0.39 is 0 Å². The van der Waals surface area contributed by atoms with E-state index in [0.29, 0.717) is 40.3 Å². The van der Waals surface area contributed by atoms with Crippen LogP contribution in [0.3, 0.4) is 0 Å². The van der Waals surface area contributed by atoms with Gasteiger partial charge in [0.1, 0.15) is 16.8 Å². The molecular weight excluding hydrogens is 468 g/mol. The molecule has 2 amide bonds. The molecule has 1 saturated carbocycles. The van der Waals surface area contributed by atoms with E-state index in [9.17, 15) is 9.59 Å². The molecule has 4 atom stereocenters. The lowest BCUT2D eigenvalue weighted by Gasteiger charge is -2.42. The van der Waals surface area contributed by atoms with Crippen LogP contribution in [0, 0.1) is 23.7 Å². The number of aromatic nitrogens is 4. The van der Waals surface area contributed by atoms with Gasteiger partial charge in [0.25, 0.3) is 11.8 Å². The summed E-state index contributed by atoms with van der Waals surface area (Å²) in [5.74, 6) is 2.70. The molecule has 1 N–H and O–H groups in total. The number of benzene rings is 2. The molecule has 2 aliphatic heterocycles. The highest BCUT2D eigenvalue weighted by Crippen LogP contribution is 2.54. The molecule has 9 heteroatoms. The standard InChI is InChI=1S/C28H30N6O3.2H2/c1-15(2)37-26-10-17(9-25-18(26)6-7-32(25)3)28(36)34-13-21-19-11-33(12-20(19)22(21)14-34)27(35)16-4-5-23-24(8-16)30-31-29-23;;/h4-10,15,19-22H,11-14H2,1-3H3,(H,29,30,31);2*1H/t19-,20+,21?,22?;;. The normalized spacial score (nSPS) is 24.5. The largest absolute Gasteiger partial charge is 0.490 e. The van der Waals surface area contributed by atoms with E-state index in [1.807, 2.05) is 77.9 Å². The minimum Gasteiger partial charge on any atom is -0.490 e. The molecule has 1 aliphatic carbocycles. The molecule has 3 fully saturated rings. The van der Waals surface area contributed by atoms with Crippen molar-refractivity contribution in [3.8, 4) is 5.75 Å². The first kappa shape index (κ1) is 22.3. The molecule has 3 aliphatic rings. The van der Waals surface area contributed by atoms with Crippen LogP contribution in [0.25, 0.3) is 21.9 Å². The zero-order valence-corrected chi connectivity index (χ0v) is 21.2. The van der Waals surface area contributed by atoms with Gasteiger partial charge >= 0.3 is 0 Å². The van der Waals surface area contributed by atoms with Gasteiger partial charge in [-0.15, -0.1) is 0 Å². The first-order chi connectivity index (χ1) is 17.9. The Kier molecular flexibility index (Phi) is 4.86. The second-order valence-electron chi connectivity index (χ2n) is 11.1. The molecular formula is C28H34N6O3. The third-order valence-corrected chi connectivity index (χ3v) is 8.64. The van der Waals surface area contributed by atoms with Crippen molar-refractivity contribution in [3.63, 3.8) is 0 Å². The van der Waals surface area contributed by atoms with E-state index in [4.69, 9.17) is 4.74 Å². The summed E-state index contributed by atoms with van der Waals surface area (Å²) < 4.78 is 8.10. The first-order valence-electron chi connectivity index (χ1n) is 13.0. The molecule has 0 spiro atoms. The van der Waals surface area contributed by atoms with Crippen molar-refractivity contribution in [3.05, 3.63) is 53.7 Å². The van der Waals surface area contributed by atoms with Gasteiger partial charge in [-0.25, -0.2) is 0 Å². The lowest BCUT2D eigenvalue weighted by Crippen LogP contribution is -2.44. The van der Waals surface area contributed by atoms with Gasteiger partial charge in [0, 0.05) is 58.8 Å². The molecule has 2 saturated heterocycles. The average molecular weight is 503 g/mol. The predicted octanol–water partition coefficient (Wildman–Crippen LogP) is 3.82. The highest BCUT2D eigenvalue weighted by atomic mass is 16.5. The van der Waals surface area contributed by atoms with Crippen molar-refractivity contribution in [2.75, 3.05) is 26.2 Å². The topological polar surface area (TPSA) is 96.3 Å². The van der Waals surface area contributed by atoms with E-state index in [-0.39, 0.29) is 20.8 Å². The van der Waals surface area contributed by atoms with E-state index >= 15 is 0 Å².